The highest BCUT2D eigenvalue weighted by Gasteiger charge is 2.02. The summed E-state index contributed by atoms with van der Waals surface area (Å²) in [7, 11) is 0. The molecule has 0 aliphatic heterocycles. The van der Waals surface area contributed by atoms with Gasteiger partial charge in [-0.3, -0.25) is 0 Å². The van der Waals surface area contributed by atoms with Gasteiger partial charge in [0, 0.05) is 0 Å². The summed E-state index contributed by atoms with van der Waals surface area (Å²) in [6.45, 7) is 0. The molecular formula is C16H20. The molecule has 2 rings (SSSR count). The third kappa shape index (κ3) is 3.69. The normalized spacial score (nSPS) is 23.9. The first kappa shape index (κ1) is 11.2. The van der Waals surface area contributed by atoms with Crippen LogP contribution in [0.5, 0.6) is 0 Å². The minimum absolute atomic E-state index is 0.639. The largest absolute Gasteiger partial charge is 0.0879 e. The molecule has 1 unspecified atom stereocenters. The van der Waals surface area contributed by atoms with Gasteiger partial charge >= 0.3 is 0 Å². The lowest BCUT2D eigenvalue weighted by molar-refractivity contribution is 0.583. The molecule has 1 aliphatic rings. The lowest BCUT2D eigenvalue weighted by atomic mass is 9.96. The Morgan fingerprint density at radius 3 is 2.75 bits per heavy atom. The van der Waals surface area contributed by atoms with Crippen LogP contribution in [-0.4, -0.2) is 0 Å². The molecule has 0 heteroatoms. The summed E-state index contributed by atoms with van der Waals surface area (Å²) in [6, 6.07) is 10.6. The van der Waals surface area contributed by atoms with Crippen LogP contribution < -0.4 is 0 Å². The second-order valence-electron chi connectivity index (χ2n) is 4.50. The van der Waals surface area contributed by atoms with Crippen molar-refractivity contribution < 1.29 is 0 Å². The molecule has 1 aromatic carbocycles. The summed E-state index contributed by atoms with van der Waals surface area (Å²) in [5.41, 5.74) is 1.30. The molecule has 0 aromatic heterocycles. The Balaban J connectivity index is 1.97. The fourth-order valence-electron chi connectivity index (χ4n) is 2.15. The van der Waals surface area contributed by atoms with E-state index in [9.17, 15) is 0 Å². The molecule has 84 valence electrons. The second-order valence-corrected chi connectivity index (χ2v) is 4.50. The van der Waals surface area contributed by atoms with Crippen molar-refractivity contribution in [3.05, 3.63) is 54.1 Å². The third-order valence-corrected chi connectivity index (χ3v) is 3.13. The molecule has 0 spiro atoms. The highest BCUT2D eigenvalue weighted by atomic mass is 14.1. The van der Waals surface area contributed by atoms with Crippen LogP contribution in [-0.2, 0) is 0 Å². The Bertz CT molecular complexity index is 346. The minimum Gasteiger partial charge on any atom is -0.0879 e. The Labute approximate surface area is 98.7 Å². The standard InChI is InChI=1S/C16H20/c1-2-5-9-15(10-6-3-1)13-14-16-11-7-4-8-12-16/h4-5,7-9,11-15H,1-3,6,10H2/b9-5-,14-13+. The molecule has 0 N–H and O–H groups in total. The van der Waals surface area contributed by atoms with Crippen LogP contribution >= 0.6 is 0 Å². The molecule has 1 aliphatic carbocycles. The maximum atomic E-state index is 2.37. The van der Waals surface area contributed by atoms with Crippen LogP contribution in [0.15, 0.2) is 48.6 Å². The quantitative estimate of drug-likeness (QED) is 0.615. The zero-order valence-corrected chi connectivity index (χ0v) is 9.81. The molecule has 0 fully saturated rings. The van der Waals surface area contributed by atoms with E-state index in [-0.39, 0.29) is 0 Å². The predicted molar refractivity (Wildman–Crippen MR) is 71.2 cm³/mol. The van der Waals surface area contributed by atoms with E-state index in [1.165, 1.54) is 37.7 Å². The highest BCUT2D eigenvalue weighted by Crippen LogP contribution is 2.18. The Hall–Kier alpha value is -1.30. The Morgan fingerprint density at radius 2 is 1.88 bits per heavy atom. The van der Waals surface area contributed by atoms with Gasteiger partial charge in [0.1, 0.15) is 0 Å². The molecule has 0 saturated heterocycles. The van der Waals surface area contributed by atoms with Gasteiger partial charge in [-0.25, -0.2) is 0 Å². The SMILES string of the molecule is C1=C\C(/C=C/c2ccccc2)CCCCC/1. The monoisotopic (exact) mass is 212 g/mol. The molecule has 0 saturated carbocycles. The minimum atomic E-state index is 0.639. The maximum absolute atomic E-state index is 2.37. The van der Waals surface area contributed by atoms with Crippen molar-refractivity contribution in [2.45, 2.75) is 32.1 Å². The smallest absolute Gasteiger partial charge is 0.00502 e. The summed E-state index contributed by atoms with van der Waals surface area (Å²) in [6.07, 6.45) is 16.0. The van der Waals surface area contributed by atoms with Crippen molar-refractivity contribution in [3.8, 4) is 0 Å². The van der Waals surface area contributed by atoms with Gasteiger partial charge in [0.05, 0.1) is 0 Å². The van der Waals surface area contributed by atoms with Crippen LogP contribution in [0.25, 0.3) is 6.08 Å². The molecule has 0 bridgehead atoms. The van der Waals surface area contributed by atoms with E-state index in [4.69, 9.17) is 0 Å². The molecule has 16 heavy (non-hydrogen) atoms. The second kappa shape index (κ2) is 6.32. The zero-order valence-electron chi connectivity index (χ0n) is 9.81. The highest BCUT2D eigenvalue weighted by molar-refractivity contribution is 5.49. The fraction of sp³-hybridized carbons (Fsp3) is 0.375. The van der Waals surface area contributed by atoms with Gasteiger partial charge in [-0.2, -0.15) is 0 Å². The van der Waals surface area contributed by atoms with Crippen molar-refractivity contribution in [2.24, 2.45) is 5.92 Å². The Kier molecular flexibility index (Phi) is 4.42. The van der Waals surface area contributed by atoms with E-state index in [1.54, 1.807) is 0 Å². The number of benzene rings is 1. The molecule has 1 atom stereocenters. The van der Waals surface area contributed by atoms with E-state index in [0.717, 1.165) is 0 Å². The fourth-order valence-corrected chi connectivity index (χ4v) is 2.15. The van der Waals surface area contributed by atoms with Crippen LogP contribution in [0.4, 0.5) is 0 Å². The Morgan fingerprint density at radius 1 is 1.00 bits per heavy atom. The van der Waals surface area contributed by atoms with Crippen molar-refractivity contribution in [3.63, 3.8) is 0 Å². The number of rotatable bonds is 2. The van der Waals surface area contributed by atoms with Gasteiger partial charge in [-0.05, 0) is 30.7 Å². The van der Waals surface area contributed by atoms with Crippen molar-refractivity contribution in [2.75, 3.05) is 0 Å². The lowest BCUT2D eigenvalue weighted by Gasteiger charge is -2.10. The van der Waals surface area contributed by atoms with Gasteiger partial charge in [-0.1, -0.05) is 67.5 Å². The molecule has 0 nitrogen and oxygen atoms in total. The van der Waals surface area contributed by atoms with Gasteiger partial charge in [0.25, 0.3) is 0 Å². The number of hydrogen-bond acceptors (Lipinski definition) is 0. The van der Waals surface area contributed by atoms with E-state index < -0.39 is 0 Å². The number of hydrogen-bond donors (Lipinski definition) is 0. The average molecular weight is 212 g/mol. The zero-order chi connectivity index (χ0) is 11.1. The summed E-state index contributed by atoms with van der Waals surface area (Å²) in [4.78, 5) is 0. The van der Waals surface area contributed by atoms with E-state index in [0.29, 0.717) is 5.92 Å². The topological polar surface area (TPSA) is 0 Å². The van der Waals surface area contributed by atoms with Gasteiger partial charge < -0.3 is 0 Å². The van der Waals surface area contributed by atoms with Crippen LogP contribution in [0.1, 0.15) is 37.7 Å². The van der Waals surface area contributed by atoms with Crippen LogP contribution in [0.3, 0.4) is 0 Å². The molecule has 0 amide bonds. The van der Waals surface area contributed by atoms with Crippen LogP contribution in [0, 0.1) is 5.92 Å². The molecule has 0 heterocycles. The summed E-state index contributed by atoms with van der Waals surface area (Å²) < 4.78 is 0. The maximum Gasteiger partial charge on any atom is -0.00502 e. The van der Waals surface area contributed by atoms with E-state index in [1.807, 2.05) is 0 Å². The molecule has 0 radical (unpaired) electrons. The first-order chi connectivity index (χ1) is 7.95. The van der Waals surface area contributed by atoms with E-state index >= 15 is 0 Å². The number of allylic oxidation sites excluding steroid dienone is 3. The van der Waals surface area contributed by atoms with Crippen LogP contribution in [0.2, 0.25) is 0 Å². The molecular weight excluding hydrogens is 192 g/mol. The third-order valence-electron chi connectivity index (χ3n) is 3.13. The first-order valence-corrected chi connectivity index (χ1v) is 6.35. The summed E-state index contributed by atoms with van der Waals surface area (Å²) in [5.74, 6) is 0.639. The van der Waals surface area contributed by atoms with Crippen molar-refractivity contribution >= 4 is 6.08 Å². The first-order valence-electron chi connectivity index (χ1n) is 6.35. The van der Waals surface area contributed by atoms with Gasteiger partial charge in [0.15, 0.2) is 0 Å². The average Bonchev–Trinajstić information content (AvgIpc) is 2.29. The predicted octanol–water partition coefficient (Wildman–Crippen LogP) is 4.84. The summed E-state index contributed by atoms with van der Waals surface area (Å²) >= 11 is 0. The van der Waals surface area contributed by atoms with Gasteiger partial charge in [0.2, 0.25) is 0 Å². The van der Waals surface area contributed by atoms with Crippen molar-refractivity contribution in [1.82, 2.24) is 0 Å². The van der Waals surface area contributed by atoms with E-state index in [2.05, 4.69) is 54.6 Å². The summed E-state index contributed by atoms with van der Waals surface area (Å²) in [5, 5.41) is 0. The van der Waals surface area contributed by atoms with Gasteiger partial charge in [-0.15, -0.1) is 0 Å². The molecule has 1 aromatic rings. The lowest BCUT2D eigenvalue weighted by Crippen LogP contribution is -1.94. The van der Waals surface area contributed by atoms with Crippen molar-refractivity contribution in [1.29, 1.82) is 0 Å².